The molecule has 2 heteroatoms. The SMILES string of the molecule is COc1ccc(C2CC(C)CCN2)c(C)c1. The number of rotatable bonds is 2. The molecule has 1 aromatic rings. The topological polar surface area (TPSA) is 21.3 Å². The van der Waals surface area contributed by atoms with Crippen molar-refractivity contribution in [3.63, 3.8) is 0 Å². The molecule has 1 aliphatic heterocycles. The first-order valence-corrected chi connectivity index (χ1v) is 6.08. The van der Waals surface area contributed by atoms with E-state index in [1.54, 1.807) is 7.11 Å². The highest BCUT2D eigenvalue weighted by Crippen LogP contribution is 2.30. The second-order valence-corrected chi connectivity index (χ2v) is 4.86. The summed E-state index contributed by atoms with van der Waals surface area (Å²) < 4.78 is 5.24. The summed E-state index contributed by atoms with van der Waals surface area (Å²) in [5, 5.41) is 3.60. The summed E-state index contributed by atoms with van der Waals surface area (Å²) in [5.41, 5.74) is 2.75. The third-order valence-corrected chi connectivity index (χ3v) is 3.52. The van der Waals surface area contributed by atoms with E-state index in [4.69, 9.17) is 4.74 Å². The summed E-state index contributed by atoms with van der Waals surface area (Å²) in [6.07, 6.45) is 2.54. The van der Waals surface area contributed by atoms with E-state index in [1.807, 2.05) is 0 Å². The molecule has 0 aromatic heterocycles. The third kappa shape index (κ3) is 2.38. The van der Waals surface area contributed by atoms with Gasteiger partial charge in [-0.2, -0.15) is 0 Å². The molecule has 2 rings (SSSR count). The standard InChI is InChI=1S/C14H21NO/c1-10-6-7-15-14(8-10)13-5-4-12(16-3)9-11(13)2/h4-5,9-10,14-15H,6-8H2,1-3H3. The van der Waals surface area contributed by atoms with Gasteiger partial charge >= 0.3 is 0 Å². The van der Waals surface area contributed by atoms with Crippen molar-refractivity contribution >= 4 is 0 Å². The van der Waals surface area contributed by atoms with Crippen LogP contribution in [0.1, 0.15) is 36.9 Å². The molecule has 1 aliphatic rings. The zero-order valence-corrected chi connectivity index (χ0v) is 10.4. The Kier molecular flexibility index (Phi) is 3.49. The van der Waals surface area contributed by atoms with E-state index in [-0.39, 0.29) is 0 Å². The second kappa shape index (κ2) is 4.88. The van der Waals surface area contributed by atoms with Gasteiger partial charge in [0.1, 0.15) is 5.75 Å². The average Bonchev–Trinajstić information content (AvgIpc) is 2.28. The first kappa shape index (κ1) is 11.5. The Labute approximate surface area is 98.0 Å². The van der Waals surface area contributed by atoms with Crippen LogP contribution in [0.15, 0.2) is 18.2 Å². The molecule has 1 aromatic carbocycles. The molecule has 1 heterocycles. The van der Waals surface area contributed by atoms with Gasteiger partial charge in [0, 0.05) is 6.04 Å². The van der Waals surface area contributed by atoms with Gasteiger partial charge in [0.2, 0.25) is 0 Å². The van der Waals surface area contributed by atoms with Crippen LogP contribution >= 0.6 is 0 Å². The normalized spacial score (nSPS) is 25.4. The van der Waals surface area contributed by atoms with Crippen molar-refractivity contribution in [1.29, 1.82) is 0 Å². The molecule has 0 aliphatic carbocycles. The second-order valence-electron chi connectivity index (χ2n) is 4.86. The Morgan fingerprint density at radius 1 is 1.38 bits per heavy atom. The van der Waals surface area contributed by atoms with Crippen LogP contribution in [-0.4, -0.2) is 13.7 Å². The van der Waals surface area contributed by atoms with E-state index < -0.39 is 0 Å². The lowest BCUT2D eigenvalue weighted by Gasteiger charge is -2.29. The van der Waals surface area contributed by atoms with Crippen LogP contribution in [0.4, 0.5) is 0 Å². The predicted octanol–water partition coefficient (Wildman–Crippen LogP) is 3.06. The largest absolute Gasteiger partial charge is 0.497 e. The molecule has 2 atom stereocenters. The summed E-state index contributed by atoms with van der Waals surface area (Å²) in [4.78, 5) is 0. The van der Waals surface area contributed by atoms with E-state index >= 15 is 0 Å². The molecular weight excluding hydrogens is 198 g/mol. The molecule has 1 N–H and O–H groups in total. The molecule has 88 valence electrons. The third-order valence-electron chi connectivity index (χ3n) is 3.52. The molecule has 0 amide bonds. The molecule has 0 saturated carbocycles. The van der Waals surface area contributed by atoms with E-state index in [9.17, 15) is 0 Å². The molecule has 1 saturated heterocycles. The summed E-state index contributed by atoms with van der Waals surface area (Å²) in [7, 11) is 1.72. The van der Waals surface area contributed by atoms with Crippen LogP contribution in [0, 0.1) is 12.8 Å². The number of ether oxygens (including phenoxy) is 1. The zero-order chi connectivity index (χ0) is 11.5. The minimum Gasteiger partial charge on any atom is -0.497 e. The fraction of sp³-hybridized carbons (Fsp3) is 0.571. The van der Waals surface area contributed by atoms with E-state index in [0.717, 1.165) is 18.2 Å². The number of aryl methyl sites for hydroxylation is 1. The lowest BCUT2D eigenvalue weighted by molar-refractivity contribution is 0.324. The van der Waals surface area contributed by atoms with Gasteiger partial charge in [-0.3, -0.25) is 0 Å². The highest BCUT2D eigenvalue weighted by Gasteiger charge is 2.20. The molecule has 0 spiro atoms. The average molecular weight is 219 g/mol. The van der Waals surface area contributed by atoms with Gasteiger partial charge in [-0.25, -0.2) is 0 Å². The minimum atomic E-state index is 0.523. The van der Waals surface area contributed by atoms with Crippen LogP contribution in [-0.2, 0) is 0 Å². The van der Waals surface area contributed by atoms with Gasteiger partial charge in [-0.15, -0.1) is 0 Å². The fourth-order valence-corrected chi connectivity index (χ4v) is 2.51. The Morgan fingerprint density at radius 2 is 2.19 bits per heavy atom. The summed E-state index contributed by atoms with van der Waals surface area (Å²) in [6, 6.07) is 6.90. The van der Waals surface area contributed by atoms with Crippen molar-refractivity contribution in [2.24, 2.45) is 5.92 Å². The molecule has 0 bridgehead atoms. The number of hydrogen-bond donors (Lipinski definition) is 1. The van der Waals surface area contributed by atoms with Crippen molar-refractivity contribution in [3.05, 3.63) is 29.3 Å². The smallest absolute Gasteiger partial charge is 0.119 e. The van der Waals surface area contributed by atoms with Gasteiger partial charge in [0.15, 0.2) is 0 Å². The first-order chi connectivity index (χ1) is 7.70. The maximum atomic E-state index is 5.24. The van der Waals surface area contributed by atoms with Crippen LogP contribution < -0.4 is 10.1 Å². The van der Waals surface area contributed by atoms with Crippen LogP contribution in [0.25, 0.3) is 0 Å². The number of benzene rings is 1. The molecule has 2 nitrogen and oxygen atoms in total. The number of nitrogens with one attached hydrogen (secondary N) is 1. The Morgan fingerprint density at radius 3 is 2.81 bits per heavy atom. The van der Waals surface area contributed by atoms with E-state index in [0.29, 0.717) is 6.04 Å². The maximum Gasteiger partial charge on any atom is 0.119 e. The molecule has 1 fully saturated rings. The van der Waals surface area contributed by atoms with Crippen molar-refractivity contribution in [1.82, 2.24) is 5.32 Å². The highest BCUT2D eigenvalue weighted by atomic mass is 16.5. The van der Waals surface area contributed by atoms with E-state index in [1.165, 1.54) is 24.0 Å². The summed E-state index contributed by atoms with van der Waals surface area (Å²) in [6.45, 7) is 5.64. The van der Waals surface area contributed by atoms with Crippen LogP contribution in [0.3, 0.4) is 0 Å². The van der Waals surface area contributed by atoms with Crippen molar-refractivity contribution in [2.75, 3.05) is 13.7 Å². The quantitative estimate of drug-likeness (QED) is 0.825. The summed E-state index contributed by atoms with van der Waals surface area (Å²) >= 11 is 0. The number of methoxy groups -OCH3 is 1. The predicted molar refractivity (Wildman–Crippen MR) is 66.9 cm³/mol. The van der Waals surface area contributed by atoms with Crippen LogP contribution in [0.5, 0.6) is 5.75 Å². The molecule has 2 unspecified atom stereocenters. The lowest BCUT2D eigenvalue weighted by Crippen LogP contribution is -2.31. The van der Waals surface area contributed by atoms with Crippen molar-refractivity contribution in [2.45, 2.75) is 32.7 Å². The number of hydrogen-bond acceptors (Lipinski definition) is 2. The van der Waals surface area contributed by atoms with Crippen molar-refractivity contribution in [3.8, 4) is 5.75 Å². The molecular formula is C14H21NO. The minimum absolute atomic E-state index is 0.523. The lowest BCUT2D eigenvalue weighted by atomic mass is 9.88. The van der Waals surface area contributed by atoms with Gasteiger partial charge in [0.05, 0.1) is 7.11 Å². The monoisotopic (exact) mass is 219 g/mol. The maximum absolute atomic E-state index is 5.24. The summed E-state index contributed by atoms with van der Waals surface area (Å²) in [5.74, 6) is 1.78. The fourth-order valence-electron chi connectivity index (χ4n) is 2.51. The molecule has 0 radical (unpaired) electrons. The van der Waals surface area contributed by atoms with Gasteiger partial charge < -0.3 is 10.1 Å². The van der Waals surface area contributed by atoms with Gasteiger partial charge in [-0.1, -0.05) is 13.0 Å². The van der Waals surface area contributed by atoms with Gasteiger partial charge in [-0.05, 0) is 55.5 Å². The zero-order valence-electron chi connectivity index (χ0n) is 10.4. The van der Waals surface area contributed by atoms with Gasteiger partial charge in [0.25, 0.3) is 0 Å². The van der Waals surface area contributed by atoms with E-state index in [2.05, 4.69) is 37.4 Å². The Hall–Kier alpha value is -1.02. The number of piperidine rings is 1. The first-order valence-electron chi connectivity index (χ1n) is 6.08. The Bertz CT molecular complexity index is 362. The molecule has 16 heavy (non-hydrogen) atoms. The highest BCUT2D eigenvalue weighted by molar-refractivity contribution is 5.36. The van der Waals surface area contributed by atoms with Crippen LogP contribution in [0.2, 0.25) is 0 Å². The Balaban J connectivity index is 2.19. The van der Waals surface area contributed by atoms with Crippen molar-refractivity contribution < 1.29 is 4.74 Å².